The minimum absolute atomic E-state index is 0.0193. The van der Waals surface area contributed by atoms with Gasteiger partial charge >= 0.3 is 11.7 Å². The molecule has 0 heterocycles. The van der Waals surface area contributed by atoms with Crippen molar-refractivity contribution in [2.24, 2.45) is 0 Å². The van der Waals surface area contributed by atoms with Crippen LogP contribution in [0.1, 0.15) is 12.5 Å². The summed E-state index contributed by atoms with van der Waals surface area (Å²) in [6.45, 7) is 1.35. The Kier molecular flexibility index (Phi) is 6.15. The molecular formula is C18H15FN2O5. The lowest BCUT2D eigenvalue weighted by Gasteiger charge is -2.12. The van der Waals surface area contributed by atoms with E-state index in [2.05, 4.69) is 5.32 Å². The third-order valence-corrected chi connectivity index (χ3v) is 3.28. The fourth-order valence-electron chi connectivity index (χ4n) is 1.97. The molecule has 0 aliphatic carbocycles. The normalized spacial score (nSPS) is 11.8. The quantitative estimate of drug-likeness (QED) is 0.370. The van der Waals surface area contributed by atoms with E-state index in [9.17, 15) is 24.1 Å². The number of nitrogens with one attached hydrogen (secondary N) is 1. The molecule has 0 saturated carbocycles. The third-order valence-electron chi connectivity index (χ3n) is 3.28. The van der Waals surface area contributed by atoms with Crippen molar-refractivity contribution < 1.29 is 23.6 Å². The summed E-state index contributed by atoms with van der Waals surface area (Å²) in [4.78, 5) is 33.6. The van der Waals surface area contributed by atoms with Crippen molar-refractivity contribution >= 4 is 29.3 Å². The number of hydrogen-bond donors (Lipinski definition) is 1. The van der Waals surface area contributed by atoms with Crippen molar-refractivity contribution in [1.29, 1.82) is 0 Å². The fourth-order valence-corrected chi connectivity index (χ4v) is 1.97. The van der Waals surface area contributed by atoms with E-state index in [1.54, 1.807) is 12.1 Å². The lowest BCUT2D eigenvalue weighted by atomic mass is 10.2. The molecule has 1 amide bonds. The molecular weight excluding hydrogens is 343 g/mol. The number of anilines is 1. The Bertz CT molecular complexity index is 852. The largest absolute Gasteiger partial charge is 0.449 e. The van der Waals surface area contributed by atoms with Gasteiger partial charge in [-0.2, -0.15) is 4.39 Å². The first-order chi connectivity index (χ1) is 12.4. The van der Waals surface area contributed by atoms with E-state index in [-0.39, 0.29) is 5.69 Å². The summed E-state index contributed by atoms with van der Waals surface area (Å²) in [5.41, 5.74) is 0.0456. The van der Waals surface area contributed by atoms with E-state index in [1.165, 1.54) is 25.1 Å². The second-order valence-corrected chi connectivity index (χ2v) is 5.24. The fraction of sp³-hybridized carbons (Fsp3) is 0.111. The first kappa shape index (κ1) is 18.8. The van der Waals surface area contributed by atoms with Gasteiger partial charge in [0.2, 0.25) is 5.82 Å². The maximum Gasteiger partial charge on any atom is 0.331 e. The van der Waals surface area contributed by atoms with Gasteiger partial charge in [-0.3, -0.25) is 14.9 Å². The minimum atomic E-state index is -1.15. The lowest BCUT2D eigenvalue weighted by Crippen LogP contribution is -2.29. The Morgan fingerprint density at radius 1 is 1.23 bits per heavy atom. The van der Waals surface area contributed by atoms with Crippen LogP contribution < -0.4 is 5.32 Å². The summed E-state index contributed by atoms with van der Waals surface area (Å²) in [5.74, 6) is -2.44. The number of esters is 1. The van der Waals surface area contributed by atoms with Crippen LogP contribution in [-0.2, 0) is 14.3 Å². The monoisotopic (exact) mass is 358 g/mol. The highest BCUT2D eigenvalue weighted by molar-refractivity contribution is 5.96. The SMILES string of the molecule is C[C@@H](OC(=O)/C=C/c1ccccc1)C(=O)Nc1ccc(F)c([N+](=O)[O-])c1. The molecule has 0 bridgehead atoms. The van der Waals surface area contributed by atoms with Crippen molar-refractivity contribution in [2.45, 2.75) is 13.0 Å². The number of rotatable bonds is 6. The molecule has 0 aliphatic heterocycles. The number of carbonyl (C=O) groups is 2. The van der Waals surface area contributed by atoms with Gasteiger partial charge in [-0.1, -0.05) is 30.3 Å². The van der Waals surface area contributed by atoms with Gasteiger partial charge in [-0.05, 0) is 30.7 Å². The van der Waals surface area contributed by atoms with Crippen molar-refractivity contribution in [3.05, 3.63) is 76.1 Å². The van der Waals surface area contributed by atoms with Gasteiger partial charge in [-0.25, -0.2) is 4.79 Å². The highest BCUT2D eigenvalue weighted by Gasteiger charge is 2.19. The van der Waals surface area contributed by atoms with Gasteiger partial charge in [0.05, 0.1) is 4.92 Å². The number of halogens is 1. The lowest BCUT2D eigenvalue weighted by molar-refractivity contribution is -0.387. The second-order valence-electron chi connectivity index (χ2n) is 5.24. The van der Waals surface area contributed by atoms with Gasteiger partial charge in [-0.15, -0.1) is 0 Å². The van der Waals surface area contributed by atoms with Gasteiger partial charge < -0.3 is 10.1 Å². The van der Waals surface area contributed by atoms with E-state index in [0.29, 0.717) is 0 Å². The maximum absolute atomic E-state index is 13.3. The van der Waals surface area contributed by atoms with E-state index in [1.807, 2.05) is 18.2 Å². The molecule has 0 aromatic heterocycles. The second kappa shape index (κ2) is 8.52. The van der Waals surface area contributed by atoms with Crippen LogP contribution in [0.5, 0.6) is 0 Å². The van der Waals surface area contributed by atoms with E-state index >= 15 is 0 Å². The molecule has 26 heavy (non-hydrogen) atoms. The molecule has 0 radical (unpaired) electrons. The predicted octanol–water partition coefficient (Wildman–Crippen LogP) is 3.32. The van der Waals surface area contributed by atoms with Gasteiger partial charge in [0, 0.05) is 17.8 Å². The number of amides is 1. The molecule has 2 aromatic rings. The molecule has 0 unspecified atom stereocenters. The molecule has 0 saturated heterocycles. The predicted molar refractivity (Wildman–Crippen MR) is 92.7 cm³/mol. The summed E-state index contributed by atoms with van der Waals surface area (Å²) in [7, 11) is 0. The van der Waals surface area contributed by atoms with Gasteiger partial charge in [0.25, 0.3) is 5.91 Å². The molecule has 1 atom stereocenters. The Morgan fingerprint density at radius 3 is 2.58 bits per heavy atom. The van der Waals surface area contributed by atoms with Crippen LogP contribution in [-0.4, -0.2) is 22.9 Å². The molecule has 0 spiro atoms. The number of hydrogen-bond acceptors (Lipinski definition) is 5. The van der Waals surface area contributed by atoms with Crippen LogP contribution in [0.2, 0.25) is 0 Å². The van der Waals surface area contributed by atoms with Crippen LogP contribution in [0.15, 0.2) is 54.6 Å². The average Bonchev–Trinajstić information content (AvgIpc) is 2.62. The molecule has 2 rings (SSSR count). The van der Waals surface area contributed by atoms with Crippen molar-refractivity contribution in [2.75, 3.05) is 5.32 Å². The highest BCUT2D eigenvalue weighted by Crippen LogP contribution is 2.21. The zero-order valence-corrected chi connectivity index (χ0v) is 13.7. The molecule has 0 aliphatic rings. The standard InChI is InChI=1S/C18H15FN2O5/c1-12(26-17(22)10-7-13-5-3-2-4-6-13)18(23)20-14-8-9-15(19)16(11-14)21(24)25/h2-12H,1H3,(H,20,23)/b10-7+/t12-/m1/s1. The molecule has 8 heteroatoms. The summed E-state index contributed by atoms with van der Waals surface area (Å²) in [6.07, 6.45) is 1.57. The Labute approximate surface area is 148 Å². The smallest absolute Gasteiger partial charge is 0.331 e. The van der Waals surface area contributed by atoms with Crippen molar-refractivity contribution in [1.82, 2.24) is 0 Å². The zero-order valence-electron chi connectivity index (χ0n) is 13.7. The van der Waals surface area contributed by atoms with Crippen LogP contribution in [0.4, 0.5) is 15.8 Å². The topological polar surface area (TPSA) is 98.5 Å². The number of nitrogens with zero attached hydrogens (tertiary/aromatic N) is 1. The zero-order chi connectivity index (χ0) is 19.1. The summed E-state index contributed by atoms with van der Waals surface area (Å²) in [5, 5.41) is 13.0. The van der Waals surface area contributed by atoms with E-state index in [4.69, 9.17) is 4.74 Å². The summed E-state index contributed by atoms with van der Waals surface area (Å²) >= 11 is 0. The number of nitro benzene ring substituents is 1. The van der Waals surface area contributed by atoms with Crippen LogP contribution >= 0.6 is 0 Å². The summed E-state index contributed by atoms with van der Waals surface area (Å²) in [6, 6.07) is 12.0. The Morgan fingerprint density at radius 2 is 1.92 bits per heavy atom. The average molecular weight is 358 g/mol. The number of carbonyl (C=O) groups excluding carboxylic acids is 2. The van der Waals surface area contributed by atoms with Crippen LogP contribution in [0.3, 0.4) is 0 Å². The highest BCUT2D eigenvalue weighted by atomic mass is 19.1. The number of nitro groups is 1. The first-order valence-corrected chi connectivity index (χ1v) is 7.55. The third kappa shape index (κ3) is 5.23. The molecule has 134 valence electrons. The molecule has 7 nitrogen and oxygen atoms in total. The van der Waals surface area contributed by atoms with E-state index in [0.717, 1.165) is 17.7 Å². The Hall–Kier alpha value is -3.55. The van der Waals surface area contributed by atoms with Crippen LogP contribution in [0.25, 0.3) is 6.08 Å². The van der Waals surface area contributed by atoms with Crippen molar-refractivity contribution in [3.63, 3.8) is 0 Å². The van der Waals surface area contributed by atoms with Crippen molar-refractivity contribution in [3.8, 4) is 0 Å². The maximum atomic E-state index is 13.3. The van der Waals surface area contributed by atoms with Crippen LogP contribution in [0, 0.1) is 15.9 Å². The minimum Gasteiger partial charge on any atom is -0.449 e. The number of ether oxygens (including phenoxy) is 1. The Balaban J connectivity index is 1.95. The molecule has 0 fully saturated rings. The molecule has 2 aromatic carbocycles. The summed E-state index contributed by atoms with van der Waals surface area (Å²) < 4.78 is 18.2. The number of benzene rings is 2. The van der Waals surface area contributed by atoms with Gasteiger partial charge in [0.1, 0.15) is 0 Å². The van der Waals surface area contributed by atoms with E-state index < -0.39 is 34.4 Å². The van der Waals surface area contributed by atoms with Gasteiger partial charge in [0.15, 0.2) is 6.10 Å². The molecule has 1 N–H and O–H groups in total. The first-order valence-electron chi connectivity index (χ1n) is 7.55.